The number of nitrogens with two attached hydrogens (primary N) is 1. The normalized spacial score (nSPS) is 10.3. The summed E-state index contributed by atoms with van der Waals surface area (Å²) in [5, 5.41) is 3.62. The van der Waals surface area contributed by atoms with Crippen LogP contribution in [0, 0.1) is 0 Å². The third-order valence-electron chi connectivity index (χ3n) is 2.30. The molecule has 0 saturated heterocycles. The molecule has 0 spiro atoms. The fourth-order valence-corrected chi connectivity index (χ4v) is 2.61. The first-order valence-corrected chi connectivity index (χ1v) is 6.82. The molecule has 6 heteroatoms. The van der Waals surface area contributed by atoms with Gasteiger partial charge in [0.25, 0.3) is 5.91 Å². The second-order valence-corrected chi connectivity index (χ2v) is 5.67. The third kappa shape index (κ3) is 3.86. The van der Waals surface area contributed by atoms with Gasteiger partial charge in [0, 0.05) is 31.5 Å². The maximum atomic E-state index is 12.1. The summed E-state index contributed by atoms with van der Waals surface area (Å²) in [7, 11) is 0. The molecule has 3 N–H and O–H groups in total. The molecule has 98 valence electrons. The minimum absolute atomic E-state index is 0.286. The number of hydrogen-bond donors (Lipinski definition) is 2. The van der Waals surface area contributed by atoms with Crippen molar-refractivity contribution in [2.45, 2.75) is 0 Å². The van der Waals surface area contributed by atoms with Crippen molar-refractivity contribution in [2.75, 3.05) is 11.1 Å². The first kappa shape index (κ1) is 14.2. The molecule has 0 fully saturated rings. The van der Waals surface area contributed by atoms with Crippen molar-refractivity contribution in [2.24, 2.45) is 0 Å². The zero-order valence-electron chi connectivity index (χ0n) is 9.58. The van der Waals surface area contributed by atoms with E-state index in [9.17, 15) is 4.79 Å². The molecule has 0 unspecified atom stereocenters. The molecule has 0 saturated carbocycles. The maximum absolute atomic E-state index is 12.1. The van der Waals surface area contributed by atoms with E-state index in [-0.39, 0.29) is 5.91 Å². The molecule has 0 aliphatic carbocycles. The molecule has 2 rings (SSSR count). The van der Waals surface area contributed by atoms with Crippen LogP contribution >= 0.6 is 39.1 Å². The third-order valence-corrected chi connectivity index (χ3v) is 3.20. The molecule has 2 aromatic carbocycles. The topological polar surface area (TPSA) is 55.1 Å². The van der Waals surface area contributed by atoms with E-state index in [4.69, 9.17) is 28.9 Å². The Hall–Kier alpha value is -1.23. The van der Waals surface area contributed by atoms with E-state index in [1.807, 2.05) is 0 Å². The first-order valence-electron chi connectivity index (χ1n) is 5.27. The minimum atomic E-state index is -0.286. The highest BCUT2D eigenvalue weighted by Gasteiger charge is 2.09. The summed E-state index contributed by atoms with van der Waals surface area (Å²) in [5.41, 5.74) is 7.17. The second kappa shape index (κ2) is 5.82. The van der Waals surface area contributed by atoms with Crippen LogP contribution in [0.3, 0.4) is 0 Å². The van der Waals surface area contributed by atoms with Crippen LogP contribution in [-0.4, -0.2) is 5.91 Å². The molecule has 0 aliphatic heterocycles. The molecular formula is C13H9BrCl2N2O. The lowest BCUT2D eigenvalue weighted by Gasteiger charge is -2.07. The van der Waals surface area contributed by atoms with Gasteiger partial charge in [0.05, 0.1) is 0 Å². The van der Waals surface area contributed by atoms with E-state index in [1.54, 1.807) is 36.4 Å². The van der Waals surface area contributed by atoms with Gasteiger partial charge in [-0.15, -0.1) is 0 Å². The Kier molecular flexibility index (Phi) is 4.34. The largest absolute Gasteiger partial charge is 0.399 e. The molecule has 0 radical (unpaired) electrons. The number of amides is 1. The number of halogens is 3. The summed E-state index contributed by atoms with van der Waals surface area (Å²) in [5.74, 6) is -0.286. The Bertz CT molecular complexity index is 606. The lowest BCUT2D eigenvalue weighted by Crippen LogP contribution is -2.12. The Morgan fingerprint density at radius 1 is 1.05 bits per heavy atom. The smallest absolute Gasteiger partial charge is 0.255 e. The summed E-state index contributed by atoms with van der Waals surface area (Å²) >= 11 is 15.0. The average Bonchev–Trinajstić information content (AvgIpc) is 2.25. The van der Waals surface area contributed by atoms with Crippen LogP contribution < -0.4 is 11.1 Å². The number of benzene rings is 2. The predicted octanol–water partition coefficient (Wildman–Crippen LogP) is 4.59. The zero-order valence-corrected chi connectivity index (χ0v) is 12.7. The van der Waals surface area contributed by atoms with Crippen LogP contribution in [0.4, 0.5) is 11.4 Å². The monoisotopic (exact) mass is 358 g/mol. The van der Waals surface area contributed by atoms with E-state index in [1.165, 1.54) is 0 Å². The van der Waals surface area contributed by atoms with Gasteiger partial charge >= 0.3 is 0 Å². The summed E-state index contributed by atoms with van der Waals surface area (Å²) < 4.78 is 0.738. The first-order chi connectivity index (χ1) is 8.94. The molecule has 0 aromatic heterocycles. The summed E-state index contributed by atoms with van der Waals surface area (Å²) in [6, 6.07) is 9.81. The van der Waals surface area contributed by atoms with Crippen LogP contribution in [0.2, 0.25) is 10.0 Å². The van der Waals surface area contributed by atoms with Gasteiger partial charge in [-0.3, -0.25) is 4.79 Å². The van der Waals surface area contributed by atoms with E-state index in [0.29, 0.717) is 27.0 Å². The van der Waals surface area contributed by atoms with Crippen LogP contribution in [0.1, 0.15) is 10.4 Å². The number of rotatable bonds is 2. The average molecular weight is 360 g/mol. The van der Waals surface area contributed by atoms with Gasteiger partial charge in [0.15, 0.2) is 0 Å². The van der Waals surface area contributed by atoms with Gasteiger partial charge in [-0.25, -0.2) is 0 Å². The Morgan fingerprint density at radius 3 is 2.26 bits per heavy atom. The highest BCUT2D eigenvalue weighted by atomic mass is 79.9. The van der Waals surface area contributed by atoms with Crippen molar-refractivity contribution < 1.29 is 4.79 Å². The molecular weight excluding hydrogens is 351 g/mol. The van der Waals surface area contributed by atoms with Gasteiger partial charge in [0.1, 0.15) is 0 Å². The van der Waals surface area contributed by atoms with Crippen molar-refractivity contribution >= 4 is 56.4 Å². The number of carbonyl (C=O) groups is 1. The van der Waals surface area contributed by atoms with E-state index in [0.717, 1.165) is 4.47 Å². The summed E-state index contributed by atoms with van der Waals surface area (Å²) in [6.07, 6.45) is 0. The number of nitrogens with one attached hydrogen (secondary N) is 1. The fourth-order valence-electron chi connectivity index (χ4n) is 1.57. The fraction of sp³-hybridized carbons (Fsp3) is 0. The number of nitrogen functional groups attached to an aromatic ring is 1. The van der Waals surface area contributed by atoms with Crippen molar-refractivity contribution in [3.63, 3.8) is 0 Å². The van der Waals surface area contributed by atoms with E-state index in [2.05, 4.69) is 21.2 Å². The predicted molar refractivity (Wildman–Crippen MR) is 83.0 cm³/mol. The Balaban J connectivity index is 2.25. The van der Waals surface area contributed by atoms with Crippen LogP contribution in [0.15, 0.2) is 40.9 Å². The molecule has 19 heavy (non-hydrogen) atoms. The molecule has 0 aliphatic rings. The summed E-state index contributed by atoms with van der Waals surface area (Å²) in [4.78, 5) is 12.1. The maximum Gasteiger partial charge on any atom is 0.255 e. The molecule has 0 heterocycles. The molecule has 2 aromatic rings. The zero-order chi connectivity index (χ0) is 14.0. The van der Waals surface area contributed by atoms with Crippen molar-refractivity contribution in [3.8, 4) is 0 Å². The minimum Gasteiger partial charge on any atom is -0.399 e. The lowest BCUT2D eigenvalue weighted by atomic mass is 10.2. The SMILES string of the molecule is Nc1cc(Br)cc(C(=O)Nc2cc(Cl)cc(Cl)c2)c1. The molecule has 3 nitrogen and oxygen atoms in total. The second-order valence-electron chi connectivity index (χ2n) is 3.89. The number of hydrogen-bond acceptors (Lipinski definition) is 2. The standard InChI is InChI=1S/C13H9BrCl2N2O/c14-8-1-7(2-11(17)3-8)13(19)18-12-5-9(15)4-10(16)6-12/h1-6H,17H2,(H,18,19). The Labute approximate surface area is 128 Å². The van der Waals surface area contributed by atoms with Crippen LogP contribution in [0.5, 0.6) is 0 Å². The van der Waals surface area contributed by atoms with Crippen LogP contribution in [0.25, 0.3) is 0 Å². The Morgan fingerprint density at radius 2 is 1.68 bits per heavy atom. The quantitative estimate of drug-likeness (QED) is 0.770. The molecule has 0 atom stereocenters. The van der Waals surface area contributed by atoms with E-state index >= 15 is 0 Å². The highest BCUT2D eigenvalue weighted by molar-refractivity contribution is 9.10. The van der Waals surface area contributed by atoms with Crippen molar-refractivity contribution in [1.82, 2.24) is 0 Å². The van der Waals surface area contributed by atoms with Gasteiger partial charge in [-0.05, 0) is 36.4 Å². The van der Waals surface area contributed by atoms with Gasteiger partial charge in [0.2, 0.25) is 0 Å². The van der Waals surface area contributed by atoms with E-state index < -0.39 is 0 Å². The van der Waals surface area contributed by atoms with Gasteiger partial charge in [-0.1, -0.05) is 39.1 Å². The number of carbonyl (C=O) groups excluding carboxylic acids is 1. The van der Waals surface area contributed by atoms with Crippen molar-refractivity contribution in [1.29, 1.82) is 0 Å². The summed E-state index contributed by atoms with van der Waals surface area (Å²) in [6.45, 7) is 0. The van der Waals surface area contributed by atoms with Crippen LogP contribution in [-0.2, 0) is 0 Å². The molecule has 1 amide bonds. The van der Waals surface area contributed by atoms with Crippen molar-refractivity contribution in [3.05, 3.63) is 56.5 Å². The molecule has 0 bridgehead atoms. The highest BCUT2D eigenvalue weighted by Crippen LogP contribution is 2.24. The van der Waals surface area contributed by atoms with Gasteiger partial charge < -0.3 is 11.1 Å². The van der Waals surface area contributed by atoms with Gasteiger partial charge in [-0.2, -0.15) is 0 Å². The lowest BCUT2D eigenvalue weighted by molar-refractivity contribution is 0.102. The number of anilines is 2.